The molecule has 0 aliphatic heterocycles. The first-order valence-electron chi connectivity index (χ1n) is 5.51. The predicted octanol–water partition coefficient (Wildman–Crippen LogP) is 3.50. The molecule has 0 saturated heterocycles. The van der Waals surface area contributed by atoms with Crippen molar-refractivity contribution in [1.29, 1.82) is 0 Å². The minimum atomic E-state index is -0.568. The van der Waals surface area contributed by atoms with Gasteiger partial charge in [-0.1, -0.05) is 12.2 Å². The third-order valence-corrected chi connectivity index (χ3v) is 2.75. The molecule has 1 rings (SSSR count). The lowest BCUT2D eigenvalue weighted by Gasteiger charge is -2.08. The van der Waals surface area contributed by atoms with E-state index in [0.29, 0.717) is 19.8 Å². The zero-order chi connectivity index (χ0) is 14.4. The summed E-state index contributed by atoms with van der Waals surface area (Å²) in [6, 6.07) is 2.22. The standard InChI is InChI=1S/C12H14BrFN2O3/c1-8(2)7-19-4-3-15-11-6-10(14)9(13)5-12(11)16(17)18/h5-6,15H,1,3-4,7H2,2H3. The second-order valence-electron chi connectivity index (χ2n) is 3.98. The van der Waals surface area contributed by atoms with Crippen molar-refractivity contribution >= 4 is 27.3 Å². The summed E-state index contributed by atoms with van der Waals surface area (Å²) in [7, 11) is 0. The third-order valence-electron chi connectivity index (χ3n) is 2.15. The normalized spacial score (nSPS) is 10.3. The Balaban J connectivity index is 2.64. The number of nitrogens with one attached hydrogen (secondary N) is 1. The predicted molar refractivity (Wildman–Crippen MR) is 74.9 cm³/mol. The van der Waals surface area contributed by atoms with Crippen molar-refractivity contribution in [3.63, 3.8) is 0 Å². The van der Waals surface area contributed by atoms with Crippen molar-refractivity contribution in [3.8, 4) is 0 Å². The van der Waals surface area contributed by atoms with Gasteiger partial charge in [-0.05, 0) is 22.9 Å². The maximum atomic E-state index is 13.4. The monoisotopic (exact) mass is 332 g/mol. The van der Waals surface area contributed by atoms with E-state index in [0.717, 1.165) is 17.7 Å². The maximum Gasteiger partial charge on any atom is 0.293 e. The molecule has 0 spiro atoms. The summed E-state index contributed by atoms with van der Waals surface area (Å²) >= 11 is 2.92. The number of nitro groups is 1. The highest BCUT2D eigenvalue weighted by Crippen LogP contribution is 2.30. The van der Waals surface area contributed by atoms with Crippen LogP contribution in [0.15, 0.2) is 28.8 Å². The smallest absolute Gasteiger partial charge is 0.293 e. The summed E-state index contributed by atoms with van der Waals surface area (Å²) in [5, 5.41) is 13.6. The van der Waals surface area contributed by atoms with Gasteiger partial charge in [0.15, 0.2) is 0 Å². The molecule has 0 aromatic heterocycles. The number of hydrogen-bond acceptors (Lipinski definition) is 4. The van der Waals surface area contributed by atoms with Gasteiger partial charge < -0.3 is 10.1 Å². The highest BCUT2D eigenvalue weighted by atomic mass is 79.9. The van der Waals surface area contributed by atoms with Crippen LogP contribution in [0.5, 0.6) is 0 Å². The van der Waals surface area contributed by atoms with E-state index in [2.05, 4.69) is 27.8 Å². The molecule has 7 heteroatoms. The van der Waals surface area contributed by atoms with Crippen LogP contribution >= 0.6 is 15.9 Å². The average Bonchev–Trinajstić information content (AvgIpc) is 2.32. The minimum Gasteiger partial charge on any atom is -0.377 e. The molecule has 19 heavy (non-hydrogen) atoms. The van der Waals surface area contributed by atoms with Crippen LogP contribution in [-0.2, 0) is 4.74 Å². The van der Waals surface area contributed by atoms with E-state index in [4.69, 9.17) is 4.74 Å². The number of ether oxygens (including phenoxy) is 1. The Hall–Kier alpha value is -1.47. The van der Waals surface area contributed by atoms with Gasteiger partial charge in [0, 0.05) is 18.7 Å². The molecule has 0 unspecified atom stereocenters. The first-order chi connectivity index (χ1) is 8.91. The minimum absolute atomic E-state index is 0.0586. The Labute approximate surface area is 118 Å². The lowest BCUT2D eigenvalue weighted by atomic mass is 10.2. The SMILES string of the molecule is C=C(C)COCCNc1cc(F)c(Br)cc1[N+](=O)[O-]. The first-order valence-corrected chi connectivity index (χ1v) is 6.30. The number of rotatable bonds is 7. The summed E-state index contributed by atoms with van der Waals surface area (Å²) in [6.45, 7) is 6.64. The van der Waals surface area contributed by atoms with Gasteiger partial charge in [-0.25, -0.2) is 4.39 Å². The second kappa shape index (κ2) is 7.20. The van der Waals surface area contributed by atoms with Crippen molar-refractivity contribution in [2.75, 3.05) is 25.1 Å². The summed E-state index contributed by atoms with van der Waals surface area (Å²) in [5.41, 5.74) is 0.832. The molecule has 0 aliphatic carbocycles. The van der Waals surface area contributed by atoms with Crippen molar-refractivity contribution in [2.45, 2.75) is 6.92 Å². The number of halogens is 2. The van der Waals surface area contributed by atoms with Crippen LogP contribution in [0.2, 0.25) is 0 Å². The molecule has 0 amide bonds. The van der Waals surface area contributed by atoms with Gasteiger partial charge in [0.05, 0.1) is 22.6 Å². The van der Waals surface area contributed by atoms with E-state index < -0.39 is 10.7 Å². The molecule has 0 radical (unpaired) electrons. The number of nitro benzene ring substituents is 1. The van der Waals surface area contributed by atoms with Crippen molar-refractivity contribution in [1.82, 2.24) is 0 Å². The quantitative estimate of drug-likeness (QED) is 0.359. The maximum absolute atomic E-state index is 13.4. The number of anilines is 1. The third kappa shape index (κ3) is 4.96. The van der Waals surface area contributed by atoms with Gasteiger partial charge in [-0.15, -0.1) is 0 Å². The zero-order valence-corrected chi connectivity index (χ0v) is 12.0. The summed E-state index contributed by atoms with van der Waals surface area (Å²) in [5.74, 6) is -0.559. The van der Waals surface area contributed by atoms with Crippen LogP contribution in [0.1, 0.15) is 6.92 Å². The Morgan fingerprint density at radius 3 is 2.89 bits per heavy atom. The molecule has 1 aromatic rings. The van der Waals surface area contributed by atoms with Gasteiger partial charge in [0.1, 0.15) is 11.5 Å². The lowest BCUT2D eigenvalue weighted by molar-refractivity contribution is -0.384. The van der Waals surface area contributed by atoms with Crippen LogP contribution < -0.4 is 5.32 Å². The first kappa shape index (κ1) is 15.6. The van der Waals surface area contributed by atoms with Gasteiger partial charge in [-0.3, -0.25) is 10.1 Å². The van der Waals surface area contributed by atoms with Crippen molar-refractivity contribution < 1.29 is 14.1 Å². The Morgan fingerprint density at radius 1 is 1.63 bits per heavy atom. The number of nitrogens with zero attached hydrogens (tertiary/aromatic N) is 1. The number of benzene rings is 1. The fraction of sp³-hybridized carbons (Fsp3) is 0.333. The van der Waals surface area contributed by atoms with Gasteiger partial charge >= 0.3 is 0 Å². The second-order valence-corrected chi connectivity index (χ2v) is 4.83. The number of hydrogen-bond donors (Lipinski definition) is 1. The highest BCUT2D eigenvalue weighted by Gasteiger charge is 2.17. The van der Waals surface area contributed by atoms with Gasteiger partial charge in [0.25, 0.3) is 5.69 Å². The van der Waals surface area contributed by atoms with Crippen LogP contribution in [0, 0.1) is 15.9 Å². The highest BCUT2D eigenvalue weighted by molar-refractivity contribution is 9.10. The van der Waals surface area contributed by atoms with Crippen LogP contribution in [-0.4, -0.2) is 24.7 Å². The average molecular weight is 333 g/mol. The van der Waals surface area contributed by atoms with E-state index in [1.54, 1.807) is 0 Å². The summed E-state index contributed by atoms with van der Waals surface area (Å²) < 4.78 is 18.6. The van der Waals surface area contributed by atoms with Gasteiger partial charge in [0.2, 0.25) is 0 Å². The molecular formula is C12H14BrFN2O3. The molecule has 104 valence electrons. The summed E-state index contributed by atoms with van der Waals surface area (Å²) in [6.07, 6.45) is 0. The molecular weight excluding hydrogens is 319 g/mol. The van der Waals surface area contributed by atoms with E-state index in [1.165, 1.54) is 0 Å². The van der Waals surface area contributed by atoms with E-state index in [-0.39, 0.29) is 15.8 Å². The molecule has 1 N–H and O–H groups in total. The molecule has 0 atom stereocenters. The Morgan fingerprint density at radius 2 is 2.32 bits per heavy atom. The molecule has 0 saturated carbocycles. The zero-order valence-electron chi connectivity index (χ0n) is 10.4. The Kier molecular flexibility index (Phi) is 5.91. The molecule has 0 bridgehead atoms. The van der Waals surface area contributed by atoms with Crippen LogP contribution in [0.25, 0.3) is 0 Å². The largest absolute Gasteiger partial charge is 0.377 e. The molecule has 5 nitrogen and oxygen atoms in total. The van der Waals surface area contributed by atoms with E-state index >= 15 is 0 Å². The fourth-order valence-corrected chi connectivity index (χ4v) is 1.66. The van der Waals surface area contributed by atoms with E-state index in [9.17, 15) is 14.5 Å². The van der Waals surface area contributed by atoms with Crippen LogP contribution in [0.4, 0.5) is 15.8 Å². The lowest BCUT2D eigenvalue weighted by Crippen LogP contribution is -2.11. The fourth-order valence-electron chi connectivity index (χ4n) is 1.33. The Bertz CT molecular complexity index is 494. The molecule has 0 aliphatic rings. The van der Waals surface area contributed by atoms with E-state index in [1.807, 2.05) is 6.92 Å². The van der Waals surface area contributed by atoms with Crippen molar-refractivity contribution in [3.05, 3.63) is 44.7 Å². The molecule has 1 aromatic carbocycles. The molecule has 0 heterocycles. The topological polar surface area (TPSA) is 64.4 Å². The van der Waals surface area contributed by atoms with Crippen molar-refractivity contribution in [2.24, 2.45) is 0 Å². The van der Waals surface area contributed by atoms with Gasteiger partial charge in [-0.2, -0.15) is 0 Å². The van der Waals surface area contributed by atoms with Crippen LogP contribution in [0.3, 0.4) is 0 Å². The molecule has 0 fully saturated rings. The summed E-state index contributed by atoms with van der Waals surface area (Å²) in [4.78, 5) is 10.3.